The minimum Gasteiger partial charge on any atom is -0.383 e. The van der Waals surface area contributed by atoms with E-state index in [4.69, 9.17) is 10.5 Å². The summed E-state index contributed by atoms with van der Waals surface area (Å²) in [5, 5.41) is 0. The minimum atomic E-state index is -0.0602. The van der Waals surface area contributed by atoms with E-state index in [2.05, 4.69) is 6.58 Å². The summed E-state index contributed by atoms with van der Waals surface area (Å²) in [5.74, 6) is -0.0602. The summed E-state index contributed by atoms with van der Waals surface area (Å²) < 4.78 is 5.02. The number of nitrogens with zero attached hydrogens (tertiary/aromatic N) is 1. The Hall–Kier alpha value is -0.870. The molecular formula is C9H16N2O2. The fraction of sp³-hybridized carbons (Fsp3) is 0.667. The highest BCUT2D eigenvalue weighted by atomic mass is 16.5. The van der Waals surface area contributed by atoms with E-state index in [1.165, 1.54) is 6.08 Å². The van der Waals surface area contributed by atoms with Gasteiger partial charge in [0.1, 0.15) is 0 Å². The second-order valence-corrected chi connectivity index (χ2v) is 3.30. The predicted octanol–water partition coefficient (Wildman–Crippen LogP) is -0.253. The highest BCUT2D eigenvalue weighted by Crippen LogP contribution is 2.16. The number of hydrogen-bond donors (Lipinski definition) is 1. The maximum Gasteiger partial charge on any atom is 0.246 e. The quantitative estimate of drug-likeness (QED) is 0.615. The molecule has 0 aromatic rings. The van der Waals surface area contributed by atoms with Crippen molar-refractivity contribution in [2.45, 2.75) is 18.5 Å². The lowest BCUT2D eigenvalue weighted by molar-refractivity contribution is -0.127. The van der Waals surface area contributed by atoms with E-state index in [-0.39, 0.29) is 18.0 Å². The predicted molar refractivity (Wildman–Crippen MR) is 50.2 cm³/mol. The number of ether oxygens (including phenoxy) is 1. The number of carbonyl (C=O) groups excluding carboxylic acids is 1. The smallest absolute Gasteiger partial charge is 0.246 e. The van der Waals surface area contributed by atoms with Crippen molar-refractivity contribution in [2.24, 2.45) is 5.73 Å². The molecule has 1 rings (SSSR count). The Morgan fingerprint density at radius 1 is 1.85 bits per heavy atom. The summed E-state index contributed by atoms with van der Waals surface area (Å²) in [7, 11) is 1.63. The Bertz CT molecular complexity index is 206. The summed E-state index contributed by atoms with van der Waals surface area (Å²) in [5.41, 5.74) is 5.75. The zero-order valence-electron chi connectivity index (χ0n) is 7.90. The molecule has 1 saturated heterocycles. The second-order valence-electron chi connectivity index (χ2n) is 3.30. The third kappa shape index (κ3) is 2.29. The van der Waals surface area contributed by atoms with Gasteiger partial charge < -0.3 is 15.4 Å². The topological polar surface area (TPSA) is 55.6 Å². The molecule has 4 nitrogen and oxygen atoms in total. The molecule has 1 amide bonds. The number of nitrogens with two attached hydrogens (primary N) is 1. The Morgan fingerprint density at radius 2 is 2.54 bits per heavy atom. The first-order valence-electron chi connectivity index (χ1n) is 4.36. The van der Waals surface area contributed by atoms with Gasteiger partial charge in [0.05, 0.1) is 12.6 Å². The van der Waals surface area contributed by atoms with E-state index in [1.54, 1.807) is 12.0 Å². The largest absolute Gasteiger partial charge is 0.383 e. The van der Waals surface area contributed by atoms with Gasteiger partial charge in [-0.25, -0.2) is 0 Å². The number of carbonyl (C=O) groups is 1. The second kappa shape index (κ2) is 4.39. The van der Waals surface area contributed by atoms with Crippen molar-refractivity contribution in [3.8, 4) is 0 Å². The van der Waals surface area contributed by atoms with Crippen LogP contribution in [0.25, 0.3) is 0 Å². The Morgan fingerprint density at radius 3 is 3.08 bits per heavy atom. The lowest BCUT2D eigenvalue weighted by Gasteiger charge is -2.22. The molecule has 74 valence electrons. The van der Waals surface area contributed by atoms with Crippen molar-refractivity contribution in [1.29, 1.82) is 0 Å². The molecule has 0 spiro atoms. The minimum absolute atomic E-state index is 0.0602. The molecule has 1 fully saturated rings. The summed E-state index contributed by atoms with van der Waals surface area (Å²) in [6.45, 7) is 4.61. The monoisotopic (exact) mass is 184 g/mol. The molecule has 0 aromatic heterocycles. The third-order valence-corrected chi connectivity index (χ3v) is 2.26. The summed E-state index contributed by atoms with van der Waals surface area (Å²) in [4.78, 5) is 13.1. The van der Waals surface area contributed by atoms with Crippen molar-refractivity contribution in [3.05, 3.63) is 12.7 Å². The van der Waals surface area contributed by atoms with Gasteiger partial charge >= 0.3 is 0 Å². The van der Waals surface area contributed by atoms with Crippen molar-refractivity contribution in [2.75, 3.05) is 20.3 Å². The van der Waals surface area contributed by atoms with Crippen LogP contribution in [-0.4, -0.2) is 43.2 Å². The van der Waals surface area contributed by atoms with Crippen LogP contribution in [0.5, 0.6) is 0 Å². The van der Waals surface area contributed by atoms with Gasteiger partial charge in [-0.05, 0) is 12.5 Å². The Labute approximate surface area is 78.3 Å². The standard InChI is InChI=1S/C9H16N2O2/c1-3-9(12)11-5-7(10)4-8(11)6-13-2/h3,7-8H,1,4-6,10H2,2H3/t7-,8+/m0/s1. The number of rotatable bonds is 3. The molecule has 13 heavy (non-hydrogen) atoms. The van der Waals surface area contributed by atoms with Gasteiger partial charge in [-0.1, -0.05) is 6.58 Å². The average Bonchev–Trinajstić information content (AvgIpc) is 2.46. The third-order valence-electron chi connectivity index (χ3n) is 2.26. The number of methoxy groups -OCH3 is 1. The molecule has 0 aliphatic carbocycles. The molecule has 1 heterocycles. The van der Waals surface area contributed by atoms with E-state index in [0.717, 1.165) is 6.42 Å². The summed E-state index contributed by atoms with van der Waals surface area (Å²) in [6.07, 6.45) is 2.13. The zero-order chi connectivity index (χ0) is 9.84. The highest BCUT2D eigenvalue weighted by molar-refractivity contribution is 5.87. The van der Waals surface area contributed by atoms with Crippen molar-refractivity contribution in [3.63, 3.8) is 0 Å². The maximum atomic E-state index is 11.3. The first kappa shape index (κ1) is 10.2. The molecule has 2 N–H and O–H groups in total. The van der Waals surface area contributed by atoms with Crippen LogP contribution in [0.15, 0.2) is 12.7 Å². The van der Waals surface area contributed by atoms with Crippen LogP contribution in [0.4, 0.5) is 0 Å². The van der Waals surface area contributed by atoms with Crippen LogP contribution < -0.4 is 5.73 Å². The molecule has 4 heteroatoms. The molecule has 1 aliphatic heterocycles. The first-order chi connectivity index (χ1) is 6.19. The maximum absolute atomic E-state index is 11.3. The molecule has 0 unspecified atom stereocenters. The lowest BCUT2D eigenvalue weighted by Crippen LogP contribution is -2.37. The fourth-order valence-corrected chi connectivity index (χ4v) is 1.69. The Balaban J connectivity index is 2.59. The fourth-order valence-electron chi connectivity index (χ4n) is 1.69. The van der Waals surface area contributed by atoms with Gasteiger partial charge in [-0.3, -0.25) is 4.79 Å². The summed E-state index contributed by atoms with van der Waals surface area (Å²) >= 11 is 0. The van der Waals surface area contributed by atoms with Crippen LogP contribution in [0.1, 0.15) is 6.42 Å². The first-order valence-corrected chi connectivity index (χ1v) is 4.36. The molecule has 2 atom stereocenters. The number of amides is 1. The Kier molecular flexibility index (Phi) is 3.45. The van der Waals surface area contributed by atoms with E-state index in [9.17, 15) is 4.79 Å². The lowest BCUT2D eigenvalue weighted by atomic mass is 10.2. The number of hydrogen-bond acceptors (Lipinski definition) is 3. The zero-order valence-corrected chi connectivity index (χ0v) is 7.90. The van der Waals surface area contributed by atoms with Gasteiger partial charge in [-0.2, -0.15) is 0 Å². The van der Waals surface area contributed by atoms with Crippen LogP contribution in [0.2, 0.25) is 0 Å². The van der Waals surface area contributed by atoms with Gasteiger partial charge in [0, 0.05) is 19.7 Å². The van der Waals surface area contributed by atoms with Crippen LogP contribution in [-0.2, 0) is 9.53 Å². The van der Waals surface area contributed by atoms with Gasteiger partial charge in [0.2, 0.25) is 5.91 Å². The molecule has 0 bridgehead atoms. The molecule has 0 saturated carbocycles. The van der Waals surface area contributed by atoms with Gasteiger partial charge in [0.15, 0.2) is 0 Å². The van der Waals surface area contributed by atoms with E-state index in [0.29, 0.717) is 13.2 Å². The van der Waals surface area contributed by atoms with Crippen molar-refractivity contribution in [1.82, 2.24) is 4.90 Å². The van der Waals surface area contributed by atoms with Crippen LogP contribution in [0, 0.1) is 0 Å². The van der Waals surface area contributed by atoms with Crippen molar-refractivity contribution < 1.29 is 9.53 Å². The number of likely N-dealkylation sites (tertiary alicyclic amines) is 1. The van der Waals surface area contributed by atoms with E-state index < -0.39 is 0 Å². The van der Waals surface area contributed by atoms with Crippen LogP contribution >= 0.6 is 0 Å². The highest BCUT2D eigenvalue weighted by Gasteiger charge is 2.31. The van der Waals surface area contributed by atoms with E-state index >= 15 is 0 Å². The molecule has 0 aromatic carbocycles. The van der Waals surface area contributed by atoms with Gasteiger partial charge in [0.25, 0.3) is 0 Å². The molecular weight excluding hydrogens is 168 g/mol. The molecule has 1 aliphatic rings. The van der Waals surface area contributed by atoms with E-state index in [1.807, 2.05) is 0 Å². The van der Waals surface area contributed by atoms with Crippen LogP contribution in [0.3, 0.4) is 0 Å². The van der Waals surface area contributed by atoms with Gasteiger partial charge in [-0.15, -0.1) is 0 Å². The molecule has 0 radical (unpaired) electrons. The normalized spacial score (nSPS) is 27.7. The van der Waals surface area contributed by atoms with Crippen molar-refractivity contribution >= 4 is 5.91 Å². The summed E-state index contributed by atoms with van der Waals surface area (Å²) in [6, 6.07) is 0.189. The average molecular weight is 184 g/mol. The SMILES string of the molecule is C=CC(=O)N1C[C@@H](N)C[C@@H]1COC.